The highest BCUT2D eigenvalue weighted by Gasteiger charge is 2.69. The Hall–Kier alpha value is -0.650. The van der Waals surface area contributed by atoms with Gasteiger partial charge in [0.1, 0.15) is 0 Å². The monoisotopic (exact) mass is 312 g/mol. The molecular formula is C17H28O5. The Morgan fingerprint density at radius 2 is 1.82 bits per heavy atom. The summed E-state index contributed by atoms with van der Waals surface area (Å²) >= 11 is 0. The van der Waals surface area contributed by atoms with Gasteiger partial charge in [-0.15, -0.1) is 0 Å². The molecule has 0 amide bonds. The Labute approximate surface area is 132 Å². The summed E-state index contributed by atoms with van der Waals surface area (Å²) in [7, 11) is 0. The number of fused-ring (bicyclic) bond motifs is 5. The van der Waals surface area contributed by atoms with Crippen LogP contribution in [0.15, 0.2) is 0 Å². The topological polar surface area (TPSA) is 76.0 Å². The molecule has 3 aliphatic rings. The van der Waals surface area contributed by atoms with Crippen LogP contribution in [0.5, 0.6) is 0 Å². The van der Waals surface area contributed by atoms with E-state index >= 15 is 0 Å². The fourth-order valence-corrected chi connectivity index (χ4v) is 5.21. The second-order valence-electron chi connectivity index (χ2n) is 7.75. The Morgan fingerprint density at radius 1 is 1.23 bits per heavy atom. The molecule has 0 spiro atoms. The van der Waals surface area contributed by atoms with Crippen molar-refractivity contribution in [2.45, 2.75) is 83.4 Å². The highest BCUT2D eigenvalue weighted by molar-refractivity contribution is 5.68. The molecule has 3 aliphatic heterocycles. The number of hydrogen-bond donors (Lipinski definition) is 2. The molecule has 0 saturated carbocycles. The van der Waals surface area contributed by atoms with E-state index in [0.717, 1.165) is 19.3 Å². The normalized spacial score (nSPS) is 49.1. The minimum atomic E-state index is -1.27. The third-order valence-corrected chi connectivity index (χ3v) is 6.54. The Balaban J connectivity index is 1.90. The first-order chi connectivity index (χ1) is 10.2. The third kappa shape index (κ3) is 2.05. The number of aliphatic carboxylic acids is 1. The summed E-state index contributed by atoms with van der Waals surface area (Å²) in [5, 5.41) is 20.0. The summed E-state index contributed by atoms with van der Waals surface area (Å²) in [6, 6.07) is 0. The predicted molar refractivity (Wildman–Crippen MR) is 80.5 cm³/mol. The van der Waals surface area contributed by atoms with Gasteiger partial charge in [0, 0.05) is 17.3 Å². The maximum atomic E-state index is 11.1. The van der Waals surface area contributed by atoms with Crippen molar-refractivity contribution in [3.63, 3.8) is 0 Å². The molecule has 0 aromatic heterocycles. The summed E-state index contributed by atoms with van der Waals surface area (Å²) in [6.45, 7) is 7.90. The van der Waals surface area contributed by atoms with Crippen LogP contribution in [0.4, 0.5) is 0 Å². The van der Waals surface area contributed by atoms with Crippen molar-refractivity contribution in [1.29, 1.82) is 0 Å². The molecule has 3 saturated heterocycles. The molecule has 2 N–H and O–H groups in total. The SMILES string of the molecule is CCC1OC(CC)C2C1C1CC(C)(C(C)(O)CC(=O)O)C2O1. The molecule has 5 heteroatoms. The van der Waals surface area contributed by atoms with Crippen LogP contribution in [0, 0.1) is 17.3 Å². The minimum absolute atomic E-state index is 0.0850. The van der Waals surface area contributed by atoms with E-state index in [1.807, 2.05) is 6.92 Å². The fourth-order valence-electron chi connectivity index (χ4n) is 5.21. The van der Waals surface area contributed by atoms with Crippen molar-refractivity contribution in [2.24, 2.45) is 17.3 Å². The van der Waals surface area contributed by atoms with Gasteiger partial charge in [-0.2, -0.15) is 0 Å². The van der Waals surface area contributed by atoms with E-state index in [1.54, 1.807) is 6.92 Å². The molecule has 3 heterocycles. The lowest BCUT2D eigenvalue weighted by atomic mass is 9.57. The van der Waals surface area contributed by atoms with Gasteiger partial charge in [0.05, 0.1) is 36.4 Å². The first kappa shape index (κ1) is 16.2. The molecule has 5 nitrogen and oxygen atoms in total. The number of hydrogen-bond acceptors (Lipinski definition) is 4. The van der Waals surface area contributed by atoms with Crippen LogP contribution in [-0.4, -0.2) is 46.2 Å². The first-order valence-corrected chi connectivity index (χ1v) is 8.50. The van der Waals surface area contributed by atoms with E-state index in [0.29, 0.717) is 5.92 Å². The summed E-state index contributed by atoms with van der Waals surface area (Å²) in [5.74, 6) is -0.292. The number of carbonyl (C=O) groups is 1. The van der Waals surface area contributed by atoms with Gasteiger partial charge in [0.25, 0.3) is 0 Å². The van der Waals surface area contributed by atoms with E-state index in [1.165, 1.54) is 0 Å². The third-order valence-electron chi connectivity index (χ3n) is 6.54. The highest BCUT2D eigenvalue weighted by atomic mass is 16.5. The van der Waals surface area contributed by atoms with Gasteiger partial charge in [-0.25, -0.2) is 0 Å². The van der Waals surface area contributed by atoms with Gasteiger partial charge in [-0.3, -0.25) is 4.79 Å². The number of carboxylic acid groups (broad SMARTS) is 1. The van der Waals surface area contributed by atoms with Crippen molar-refractivity contribution in [1.82, 2.24) is 0 Å². The summed E-state index contributed by atoms with van der Waals surface area (Å²) in [5.41, 5.74) is -1.80. The molecular weight excluding hydrogens is 284 g/mol. The lowest BCUT2D eigenvalue weighted by Gasteiger charge is -2.47. The number of carboxylic acids is 1. The second kappa shape index (κ2) is 5.18. The van der Waals surface area contributed by atoms with Gasteiger partial charge >= 0.3 is 5.97 Å². The van der Waals surface area contributed by atoms with Crippen LogP contribution >= 0.6 is 0 Å². The van der Waals surface area contributed by atoms with E-state index in [2.05, 4.69) is 13.8 Å². The molecule has 8 unspecified atom stereocenters. The molecule has 22 heavy (non-hydrogen) atoms. The minimum Gasteiger partial charge on any atom is -0.481 e. The fraction of sp³-hybridized carbons (Fsp3) is 0.941. The lowest BCUT2D eigenvalue weighted by Crippen LogP contribution is -2.55. The summed E-state index contributed by atoms with van der Waals surface area (Å²) in [4.78, 5) is 11.1. The Morgan fingerprint density at radius 3 is 2.36 bits per heavy atom. The van der Waals surface area contributed by atoms with Crippen LogP contribution in [0.25, 0.3) is 0 Å². The van der Waals surface area contributed by atoms with Crippen LogP contribution in [-0.2, 0) is 14.3 Å². The molecule has 126 valence electrons. The number of aliphatic hydroxyl groups is 1. The largest absolute Gasteiger partial charge is 0.481 e. The van der Waals surface area contributed by atoms with Crippen LogP contribution < -0.4 is 0 Å². The van der Waals surface area contributed by atoms with Crippen molar-refractivity contribution < 1.29 is 24.5 Å². The standard InChI is InChI=1S/C17H28O5/c1-5-9-13-11-7-16(3,17(4,20)8-12(18)19)15(22-11)14(13)10(6-2)21-9/h9-11,13-15,20H,5-8H2,1-4H3,(H,18,19). The molecule has 0 aromatic carbocycles. The van der Waals surface area contributed by atoms with Gasteiger partial charge < -0.3 is 19.7 Å². The summed E-state index contributed by atoms with van der Waals surface area (Å²) in [6.07, 6.45) is 2.75. The van der Waals surface area contributed by atoms with Crippen LogP contribution in [0.2, 0.25) is 0 Å². The van der Waals surface area contributed by atoms with Crippen LogP contribution in [0.1, 0.15) is 53.4 Å². The lowest BCUT2D eigenvalue weighted by molar-refractivity contribution is -0.155. The number of rotatable bonds is 5. The Bertz CT molecular complexity index is 462. The predicted octanol–water partition coefficient (Wildman–Crippen LogP) is 2.21. The molecule has 0 aromatic rings. The average molecular weight is 312 g/mol. The van der Waals surface area contributed by atoms with Gasteiger partial charge in [-0.1, -0.05) is 20.8 Å². The zero-order valence-corrected chi connectivity index (χ0v) is 13.9. The number of ether oxygens (including phenoxy) is 2. The maximum Gasteiger partial charge on any atom is 0.306 e. The van der Waals surface area contributed by atoms with E-state index in [-0.39, 0.29) is 36.8 Å². The van der Waals surface area contributed by atoms with Crippen molar-refractivity contribution >= 4 is 5.97 Å². The van der Waals surface area contributed by atoms with Crippen molar-refractivity contribution in [2.75, 3.05) is 0 Å². The molecule has 2 bridgehead atoms. The second-order valence-corrected chi connectivity index (χ2v) is 7.75. The highest BCUT2D eigenvalue weighted by Crippen LogP contribution is 2.63. The van der Waals surface area contributed by atoms with Crippen molar-refractivity contribution in [3.8, 4) is 0 Å². The van der Waals surface area contributed by atoms with Crippen molar-refractivity contribution in [3.05, 3.63) is 0 Å². The van der Waals surface area contributed by atoms with E-state index in [9.17, 15) is 9.90 Å². The average Bonchev–Trinajstić information content (AvgIpc) is 3.05. The van der Waals surface area contributed by atoms with Crippen LogP contribution in [0.3, 0.4) is 0 Å². The maximum absolute atomic E-state index is 11.1. The summed E-state index contributed by atoms with van der Waals surface area (Å²) < 4.78 is 12.5. The molecule has 3 fully saturated rings. The van der Waals surface area contributed by atoms with Gasteiger partial charge in [0.15, 0.2) is 0 Å². The molecule has 8 atom stereocenters. The zero-order chi connectivity index (χ0) is 16.3. The first-order valence-electron chi connectivity index (χ1n) is 8.50. The van der Waals surface area contributed by atoms with E-state index in [4.69, 9.17) is 14.6 Å². The molecule has 0 aliphatic carbocycles. The quantitative estimate of drug-likeness (QED) is 0.814. The molecule has 0 radical (unpaired) electrons. The smallest absolute Gasteiger partial charge is 0.306 e. The van der Waals surface area contributed by atoms with E-state index < -0.39 is 17.0 Å². The molecule has 3 rings (SSSR count). The Kier molecular flexibility index (Phi) is 3.82. The zero-order valence-electron chi connectivity index (χ0n) is 13.9. The van der Waals surface area contributed by atoms with Gasteiger partial charge in [0.2, 0.25) is 0 Å². The van der Waals surface area contributed by atoms with Gasteiger partial charge in [-0.05, 0) is 26.2 Å².